The van der Waals surface area contributed by atoms with E-state index in [4.69, 9.17) is 5.11 Å². The average Bonchev–Trinajstić information content (AvgIpc) is 2.29. The van der Waals surface area contributed by atoms with Gasteiger partial charge in [-0.3, -0.25) is 0 Å². The van der Waals surface area contributed by atoms with Crippen LogP contribution in [0.5, 0.6) is 0 Å². The van der Waals surface area contributed by atoms with Gasteiger partial charge in [-0.2, -0.15) is 0 Å². The van der Waals surface area contributed by atoms with Crippen LogP contribution in [0.3, 0.4) is 0 Å². The van der Waals surface area contributed by atoms with Crippen molar-refractivity contribution in [3.8, 4) is 0 Å². The summed E-state index contributed by atoms with van der Waals surface area (Å²) in [7, 11) is 0. The first kappa shape index (κ1) is 9.90. The average molecular weight is 178 g/mol. The summed E-state index contributed by atoms with van der Waals surface area (Å²) >= 11 is 0. The minimum absolute atomic E-state index is 0.356. The summed E-state index contributed by atoms with van der Waals surface area (Å²) in [5.41, 5.74) is -1.07. The lowest BCUT2D eigenvalue weighted by Gasteiger charge is -2.29. The lowest BCUT2D eigenvalue weighted by molar-refractivity contribution is -0.0521. The van der Waals surface area contributed by atoms with Crippen LogP contribution in [0.2, 0.25) is 0 Å². The fourth-order valence-corrected chi connectivity index (χ4v) is 1.88. The largest absolute Gasteiger partial charge is 0.396 e. The van der Waals surface area contributed by atoms with Crippen LogP contribution in [0.25, 0.3) is 0 Å². The van der Waals surface area contributed by atoms with Gasteiger partial charge in [0.25, 0.3) is 0 Å². The van der Waals surface area contributed by atoms with E-state index >= 15 is 0 Å². The van der Waals surface area contributed by atoms with Crippen molar-refractivity contribution in [2.45, 2.75) is 45.0 Å². The first-order valence-corrected chi connectivity index (χ1v) is 4.60. The summed E-state index contributed by atoms with van der Waals surface area (Å²) in [6, 6.07) is 0. The number of aliphatic hydroxyl groups excluding tert-OH is 1. The Morgan fingerprint density at radius 3 is 1.92 bits per heavy atom. The molecule has 1 fully saturated rings. The molecule has 0 aromatic carbocycles. The molecule has 0 radical (unpaired) electrons. The SMILES string of the molecule is OCC1(C(F)F)CCCCCC1. The molecule has 1 aliphatic carbocycles. The van der Waals surface area contributed by atoms with Crippen molar-refractivity contribution in [1.29, 1.82) is 0 Å². The summed E-state index contributed by atoms with van der Waals surface area (Å²) in [6.07, 6.45) is 2.36. The van der Waals surface area contributed by atoms with Crippen LogP contribution in [0.15, 0.2) is 0 Å². The molecular formula is C9H16F2O. The minimum Gasteiger partial charge on any atom is -0.396 e. The first-order chi connectivity index (χ1) is 5.71. The Balaban J connectivity index is 2.61. The fourth-order valence-electron chi connectivity index (χ4n) is 1.88. The number of alkyl halides is 2. The number of aliphatic hydroxyl groups is 1. The number of hydrogen-bond donors (Lipinski definition) is 1. The van der Waals surface area contributed by atoms with Crippen LogP contribution in [-0.2, 0) is 0 Å². The van der Waals surface area contributed by atoms with Gasteiger partial charge in [-0.25, -0.2) is 8.78 Å². The zero-order chi connectivity index (χ0) is 9.03. The quantitative estimate of drug-likeness (QED) is 0.644. The summed E-state index contributed by atoms with van der Waals surface area (Å²) in [6.45, 7) is -0.356. The highest BCUT2D eigenvalue weighted by molar-refractivity contribution is 4.83. The topological polar surface area (TPSA) is 20.2 Å². The van der Waals surface area contributed by atoms with E-state index in [1.54, 1.807) is 0 Å². The third-order valence-corrected chi connectivity index (χ3v) is 2.88. The van der Waals surface area contributed by atoms with Gasteiger partial charge >= 0.3 is 0 Å². The maximum atomic E-state index is 12.6. The van der Waals surface area contributed by atoms with Crippen molar-refractivity contribution < 1.29 is 13.9 Å². The lowest BCUT2D eigenvalue weighted by atomic mass is 9.82. The number of rotatable bonds is 2. The molecular weight excluding hydrogens is 162 g/mol. The van der Waals surface area contributed by atoms with Crippen molar-refractivity contribution in [3.05, 3.63) is 0 Å². The minimum atomic E-state index is -2.36. The van der Waals surface area contributed by atoms with E-state index in [-0.39, 0.29) is 6.61 Å². The van der Waals surface area contributed by atoms with Crippen LogP contribution in [0, 0.1) is 5.41 Å². The molecule has 1 saturated carbocycles. The van der Waals surface area contributed by atoms with Gasteiger partial charge in [0.2, 0.25) is 6.43 Å². The molecule has 1 aliphatic rings. The second kappa shape index (κ2) is 4.17. The van der Waals surface area contributed by atoms with E-state index in [1.165, 1.54) is 0 Å². The molecule has 0 aliphatic heterocycles. The van der Waals surface area contributed by atoms with Gasteiger partial charge in [-0.15, -0.1) is 0 Å². The Morgan fingerprint density at radius 1 is 1.08 bits per heavy atom. The highest BCUT2D eigenvalue weighted by Crippen LogP contribution is 2.39. The normalized spacial score (nSPS) is 24.0. The van der Waals surface area contributed by atoms with Crippen molar-refractivity contribution >= 4 is 0 Å². The molecule has 0 aromatic rings. The Morgan fingerprint density at radius 2 is 1.58 bits per heavy atom. The highest BCUT2D eigenvalue weighted by Gasteiger charge is 2.39. The maximum Gasteiger partial charge on any atom is 0.246 e. The van der Waals surface area contributed by atoms with Gasteiger partial charge < -0.3 is 5.11 Å². The van der Waals surface area contributed by atoms with Crippen molar-refractivity contribution in [3.63, 3.8) is 0 Å². The molecule has 0 aromatic heterocycles. The Labute approximate surface area is 71.8 Å². The third-order valence-electron chi connectivity index (χ3n) is 2.88. The molecule has 0 unspecified atom stereocenters. The Hall–Kier alpha value is -0.180. The predicted molar refractivity (Wildman–Crippen MR) is 43.2 cm³/mol. The summed E-state index contributed by atoms with van der Waals surface area (Å²) < 4.78 is 25.2. The van der Waals surface area contributed by atoms with Crippen LogP contribution < -0.4 is 0 Å². The molecule has 3 heteroatoms. The molecule has 72 valence electrons. The molecule has 1 nitrogen and oxygen atoms in total. The Bertz CT molecular complexity index is 128. The molecule has 0 spiro atoms. The lowest BCUT2D eigenvalue weighted by Crippen LogP contribution is -2.32. The smallest absolute Gasteiger partial charge is 0.246 e. The van der Waals surface area contributed by atoms with Gasteiger partial charge in [0, 0.05) is 0 Å². The molecule has 0 atom stereocenters. The zero-order valence-corrected chi connectivity index (χ0v) is 7.23. The molecule has 1 rings (SSSR count). The molecule has 0 saturated heterocycles. The van der Waals surface area contributed by atoms with E-state index in [2.05, 4.69) is 0 Å². The van der Waals surface area contributed by atoms with E-state index in [1.807, 2.05) is 0 Å². The van der Waals surface area contributed by atoms with Crippen LogP contribution in [0.4, 0.5) is 8.78 Å². The van der Waals surface area contributed by atoms with Crippen LogP contribution in [0.1, 0.15) is 38.5 Å². The molecule has 1 N–H and O–H groups in total. The summed E-state index contributed by atoms with van der Waals surface area (Å²) in [5.74, 6) is 0. The van der Waals surface area contributed by atoms with Gasteiger partial charge in [0.1, 0.15) is 0 Å². The Kier molecular flexibility index (Phi) is 3.44. The number of hydrogen-bond acceptors (Lipinski definition) is 1. The van der Waals surface area contributed by atoms with E-state index in [0.29, 0.717) is 12.8 Å². The van der Waals surface area contributed by atoms with E-state index in [9.17, 15) is 8.78 Å². The van der Waals surface area contributed by atoms with Gasteiger partial charge in [0.15, 0.2) is 0 Å². The standard InChI is InChI=1S/C9H16F2O/c10-8(11)9(7-12)5-3-1-2-4-6-9/h8,12H,1-7H2. The second-order valence-electron chi connectivity index (χ2n) is 3.74. The molecule has 12 heavy (non-hydrogen) atoms. The number of halogens is 2. The zero-order valence-electron chi connectivity index (χ0n) is 7.23. The van der Waals surface area contributed by atoms with Crippen molar-refractivity contribution in [1.82, 2.24) is 0 Å². The van der Waals surface area contributed by atoms with Crippen molar-refractivity contribution in [2.24, 2.45) is 5.41 Å². The summed E-state index contributed by atoms with van der Waals surface area (Å²) in [4.78, 5) is 0. The summed E-state index contributed by atoms with van der Waals surface area (Å²) in [5, 5.41) is 8.96. The van der Waals surface area contributed by atoms with Gasteiger partial charge in [-0.05, 0) is 12.8 Å². The van der Waals surface area contributed by atoms with Crippen LogP contribution in [-0.4, -0.2) is 18.1 Å². The fraction of sp³-hybridized carbons (Fsp3) is 1.00. The van der Waals surface area contributed by atoms with E-state index in [0.717, 1.165) is 25.7 Å². The molecule has 0 amide bonds. The van der Waals surface area contributed by atoms with Gasteiger partial charge in [-0.1, -0.05) is 25.7 Å². The monoisotopic (exact) mass is 178 g/mol. The predicted octanol–water partition coefficient (Wildman–Crippen LogP) is 2.58. The maximum absolute atomic E-state index is 12.6. The van der Waals surface area contributed by atoms with E-state index < -0.39 is 11.8 Å². The van der Waals surface area contributed by atoms with Gasteiger partial charge in [0.05, 0.1) is 12.0 Å². The van der Waals surface area contributed by atoms with Crippen LogP contribution >= 0.6 is 0 Å². The van der Waals surface area contributed by atoms with Crippen molar-refractivity contribution in [2.75, 3.05) is 6.61 Å². The molecule has 0 heterocycles. The second-order valence-corrected chi connectivity index (χ2v) is 3.74. The third kappa shape index (κ3) is 1.94. The highest BCUT2D eigenvalue weighted by atomic mass is 19.3. The first-order valence-electron chi connectivity index (χ1n) is 4.60. The molecule has 0 bridgehead atoms.